The predicted molar refractivity (Wildman–Crippen MR) is 112 cm³/mol. The number of halogens is 3. The van der Waals surface area contributed by atoms with Gasteiger partial charge in [-0.15, -0.1) is 12.6 Å². The molecule has 0 spiro atoms. The molecule has 148 valence electrons. The van der Waals surface area contributed by atoms with Gasteiger partial charge in [-0.1, -0.05) is 23.5 Å². The third kappa shape index (κ3) is 4.28. The Morgan fingerprint density at radius 1 is 0.931 bits per heavy atom. The van der Waals surface area contributed by atoms with Gasteiger partial charge in [-0.2, -0.15) is 13.2 Å². The van der Waals surface area contributed by atoms with Crippen molar-refractivity contribution in [3.8, 4) is 0 Å². The lowest BCUT2D eigenvalue weighted by Gasteiger charge is -2.09. The van der Waals surface area contributed by atoms with Crippen LogP contribution in [0.4, 0.5) is 35.5 Å². The molecule has 29 heavy (non-hydrogen) atoms. The van der Waals surface area contributed by atoms with E-state index < -0.39 is 11.7 Å². The normalized spacial score (nSPS) is 11.6. The Morgan fingerprint density at radius 3 is 2.34 bits per heavy atom. The smallest absolute Gasteiger partial charge is 0.338 e. The zero-order valence-electron chi connectivity index (χ0n) is 14.9. The van der Waals surface area contributed by atoms with Crippen molar-refractivity contribution in [1.29, 1.82) is 0 Å². The van der Waals surface area contributed by atoms with Crippen molar-refractivity contribution in [2.24, 2.45) is 0 Å². The summed E-state index contributed by atoms with van der Waals surface area (Å²) >= 11 is 5.77. The maximum absolute atomic E-state index is 12.8. The standard InChI is InChI=1S/C19H14F3N5S2/c1-10-23-16(25-12-8-6-11(7-9-12)19(20,21)22)15-17(24-10)29-18(27-15)26-13-4-2-3-5-14(13)28/h2-9,28H,1H3,(H,26,27)(H,23,24,25). The molecule has 2 aromatic carbocycles. The molecule has 0 unspecified atom stereocenters. The van der Waals surface area contributed by atoms with E-state index in [0.29, 0.717) is 32.8 Å². The number of hydrogen-bond donors (Lipinski definition) is 3. The molecule has 0 aliphatic heterocycles. The van der Waals surface area contributed by atoms with Gasteiger partial charge in [-0.05, 0) is 43.3 Å². The average Bonchev–Trinajstić information content (AvgIpc) is 3.06. The summed E-state index contributed by atoms with van der Waals surface area (Å²) in [6, 6.07) is 12.3. The quantitative estimate of drug-likeness (QED) is 0.335. The van der Waals surface area contributed by atoms with Gasteiger partial charge in [0.25, 0.3) is 0 Å². The second-order valence-electron chi connectivity index (χ2n) is 6.13. The van der Waals surface area contributed by atoms with Crippen molar-refractivity contribution in [3.05, 3.63) is 59.9 Å². The number of anilines is 4. The van der Waals surface area contributed by atoms with Gasteiger partial charge in [0, 0.05) is 10.6 Å². The van der Waals surface area contributed by atoms with Gasteiger partial charge in [-0.3, -0.25) is 0 Å². The second kappa shape index (κ2) is 7.53. The number of alkyl halides is 3. The minimum Gasteiger partial charge on any atom is -0.338 e. The van der Waals surface area contributed by atoms with Crippen LogP contribution < -0.4 is 10.6 Å². The van der Waals surface area contributed by atoms with Crippen LogP contribution in [0, 0.1) is 6.92 Å². The summed E-state index contributed by atoms with van der Waals surface area (Å²) in [6.07, 6.45) is -4.38. The Hall–Kier alpha value is -2.85. The minimum absolute atomic E-state index is 0.427. The Bertz CT molecular complexity index is 1170. The minimum atomic E-state index is -4.38. The first kappa shape index (κ1) is 19.5. The monoisotopic (exact) mass is 433 g/mol. The van der Waals surface area contributed by atoms with Crippen LogP contribution in [0.2, 0.25) is 0 Å². The van der Waals surface area contributed by atoms with E-state index >= 15 is 0 Å². The van der Waals surface area contributed by atoms with Crippen molar-refractivity contribution in [3.63, 3.8) is 0 Å². The molecular formula is C19H14F3N5S2. The van der Waals surface area contributed by atoms with Crippen LogP contribution in [0.5, 0.6) is 0 Å². The van der Waals surface area contributed by atoms with Gasteiger partial charge in [0.2, 0.25) is 0 Å². The number of thiazole rings is 1. The lowest BCUT2D eigenvalue weighted by atomic mass is 10.2. The fourth-order valence-corrected chi connectivity index (χ4v) is 3.76. The van der Waals surface area contributed by atoms with Crippen molar-refractivity contribution in [1.82, 2.24) is 15.0 Å². The molecule has 0 fully saturated rings. The topological polar surface area (TPSA) is 62.7 Å². The number of thiol groups is 1. The summed E-state index contributed by atoms with van der Waals surface area (Å²) < 4.78 is 38.3. The summed E-state index contributed by atoms with van der Waals surface area (Å²) in [4.78, 5) is 14.8. The highest BCUT2D eigenvalue weighted by Crippen LogP contribution is 2.34. The van der Waals surface area contributed by atoms with Crippen molar-refractivity contribution >= 4 is 56.6 Å². The van der Waals surface area contributed by atoms with Gasteiger partial charge >= 0.3 is 6.18 Å². The number of nitrogens with zero attached hydrogens (tertiary/aromatic N) is 3. The van der Waals surface area contributed by atoms with Crippen molar-refractivity contribution in [2.75, 3.05) is 10.6 Å². The molecule has 2 aromatic heterocycles. The molecule has 0 aliphatic carbocycles. The van der Waals surface area contributed by atoms with Crippen LogP contribution >= 0.6 is 24.0 Å². The highest BCUT2D eigenvalue weighted by atomic mass is 32.1. The molecule has 10 heteroatoms. The Labute approximate surface area is 173 Å². The largest absolute Gasteiger partial charge is 0.416 e. The molecule has 0 aliphatic rings. The molecule has 0 saturated carbocycles. The molecule has 0 amide bonds. The number of aryl methyl sites for hydroxylation is 1. The second-order valence-corrected chi connectivity index (χ2v) is 7.59. The lowest BCUT2D eigenvalue weighted by molar-refractivity contribution is -0.137. The summed E-state index contributed by atoms with van der Waals surface area (Å²) in [5.74, 6) is 0.951. The maximum Gasteiger partial charge on any atom is 0.416 e. The Kier molecular flexibility index (Phi) is 5.05. The van der Waals surface area contributed by atoms with E-state index in [2.05, 4.69) is 38.2 Å². The van der Waals surface area contributed by atoms with E-state index in [1.807, 2.05) is 24.3 Å². The molecule has 0 radical (unpaired) electrons. The Balaban J connectivity index is 1.66. The maximum atomic E-state index is 12.8. The van der Waals surface area contributed by atoms with E-state index in [1.165, 1.54) is 23.5 Å². The van der Waals surface area contributed by atoms with Crippen LogP contribution in [0.15, 0.2) is 53.4 Å². The molecule has 2 N–H and O–H groups in total. The number of fused-ring (bicyclic) bond motifs is 1. The third-order valence-corrected chi connectivity index (χ3v) is 5.25. The molecule has 0 saturated heterocycles. The summed E-state index contributed by atoms with van der Waals surface area (Å²) in [7, 11) is 0. The fourth-order valence-electron chi connectivity index (χ4n) is 2.64. The van der Waals surface area contributed by atoms with E-state index in [4.69, 9.17) is 0 Å². The van der Waals surface area contributed by atoms with Crippen LogP contribution in [0.1, 0.15) is 11.4 Å². The number of para-hydroxylation sites is 1. The van der Waals surface area contributed by atoms with Gasteiger partial charge in [0.05, 0.1) is 11.3 Å². The molecule has 0 atom stereocenters. The van der Waals surface area contributed by atoms with Gasteiger partial charge in [0.15, 0.2) is 15.8 Å². The highest BCUT2D eigenvalue weighted by molar-refractivity contribution is 7.80. The number of benzene rings is 2. The fraction of sp³-hybridized carbons (Fsp3) is 0.105. The van der Waals surface area contributed by atoms with Gasteiger partial charge < -0.3 is 10.6 Å². The zero-order valence-corrected chi connectivity index (χ0v) is 16.7. The highest BCUT2D eigenvalue weighted by Gasteiger charge is 2.30. The Morgan fingerprint density at radius 2 is 1.66 bits per heavy atom. The van der Waals surface area contributed by atoms with Crippen LogP contribution in [-0.4, -0.2) is 15.0 Å². The average molecular weight is 433 g/mol. The first-order chi connectivity index (χ1) is 13.8. The summed E-state index contributed by atoms with van der Waals surface area (Å²) in [5, 5.41) is 6.85. The molecule has 2 heterocycles. The zero-order chi connectivity index (χ0) is 20.6. The summed E-state index contributed by atoms with van der Waals surface area (Å²) in [6.45, 7) is 1.74. The van der Waals surface area contributed by atoms with E-state index in [-0.39, 0.29) is 0 Å². The first-order valence-corrected chi connectivity index (χ1v) is 9.70. The van der Waals surface area contributed by atoms with Crippen molar-refractivity contribution in [2.45, 2.75) is 18.0 Å². The van der Waals surface area contributed by atoms with Crippen LogP contribution in [0.25, 0.3) is 10.3 Å². The molecular weight excluding hydrogens is 419 g/mol. The SMILES string of the molecule is Cc1nc(Nc2ccc(C(F)(F)F)cc2)c2nc(Nc3ccccc3S)sc2n1. The van der Waals surface area contributed by atoms with E-state index in [0.717, 1.165) is 22.7 Å². The number of hydrogen-bond acceptors (Lipinski definition) is 7. The van der Waals surface area contributed by atoms with Gasteiger partial charge in [-0.25, -0.2) is 15.0 Å². The number of aromatic nitrogens is 3. The molecule has 5 nitrogen and oxygen atoms in total. The molecule has 0 bridgehead atoms. The van der Waals surface area contributed by atoms with Crippen LogP contribution in [0.3, 0.4) is 0 Å². The lowest BCUT2D eigenvalue weighted by Crippen LogP contribution is -2.04. The molecule has 4 rings (SSSR count). The number of rotatable bonds is 4. The van der Waals surface area contributed by atoms with Gasteiger partial charge in [0.1, 0.15) is 11.3 Å². The predicted octanol–water partition coefficient (Wildman–Crippen LogP) is 6.19. The molecule has 4 aromatic rings. The number of nitrogens with one attached hydrogen (secondary N) is 2. The van der Waals surface area contributed by atoms with Crippen LogP contribution in [-0.2, 0) is 6.18 Å². The van der Waals surface area contributed by atoms with E-state index in [9.17, 15) is 13.2 Å². The van der Waals surface area contributed by atoms with Crippen molar-refractivity contribution < 1.29 is 13.2 Å². The van der Waals surface area contributed by atoms with E-state index in [1.54, 1.807) is 6.92 Å². The first-order valence-electron chi connectivity index (χ1n) is 8.44. The third-order valence-electron chi connectivity index (χ3n) is 3.99. The summed E-state index contributed by atoms with van der Waals surface area (Å²) in [5.41, 5.74) is 1.09.